The van der Waals surface area contributed by atoms with Crippen molar-refractivity contribution in [3.05, 3.63) is 76.1 Å². The molecule has 1 aromatic heterocycles. The molecule has 0 saturated carbocycles. The molecule has 0 spiro atoms. The fourth-order valence-corrected chi connectivity index (χ4v) is 2.62. The van der Waals surface area contributed by atoms with E-state index in [9.17, 15) is 14.4 Å². The third-order valence-corrected chi connectivity index (χ3v) is 3.95. The number of nitrogens with one attached hydrogen (secondary N) is 1. The van der Waals surface area contributed by atoms with Crippen molar-refractivity contribution in [2.45, 2.75) is 19.3 Å². The van der Waals surface area contributed by atoms with Gasteiger partial charge in [0.2, 0.25) is 0 Å². The highest BCUT2D eigenvalue weighted by Gasteiger charge is 2.13. The normalized spacial score (nSPS) is 10.6. The molecular formula is C20H17NO5. The molecule has 0 aliphatic heterocycles. The maximum absolute atomic E-state index is 12.4. The van der Waals surface area contributed by atoms with Gasteiger partial charge in [-0.1, -0.05) is 30.3 Å². The van der Waals surface area contributed by atoms with E-state index < -0.39 is 17.5 Å². The molecule has 0 saturated heterocycles. The fraction of sp³-hybridized carbons (Fsp3) is 0.150. The summed E-state index contributed by atoms with van der Waals surface area (Å²) < 4.78 is 5.17. The van der Waals surface area contributed by atoms with Gasteiger partial charge in [0, 0.05) is 17.5 Å². The van der Waals surface area contributed by atoms with Crippen LogP contribution in [0.4, 0.5) is 5.69 Å². The van der Waals surface area contributed by atoms with Gasteiger partial charge in [-0.05, 0) is 42.7 Å². The van der Waals surface area contributed by atoms with E-state index in [-0.39, 0.29) is 12.0 Å². The minimum absolute atomic E-state index is 0.0609. The second-order valence-electron chi connectivity index (χ2n) is 5.88. The van der Waals surface area contributed by atoms with Gasteiger partial charge in [-0.3, -0.25) is 9.59 Å². The Labute approximate surface area is 149 Å². The van der Waals surface area contributed by atoms with Crippen molar-refractivity contribution in [1.29, 1.82) is 0 Å². The Morgan fingerprint density at radius 3 is 2.50 bits per heavy atom. The van der Waals surface area contributed by atoms with Gasteiger partial charge in [0.25, 0.3) is 5.91 Å². The fourth-order valence-electron chi connectivity index (χ4n) is 2.62. The number of hydrogen-bond donors (Lipinski definition) is 2. The monoisotopic (exact) mass is 351 g/mol. The van der Waals surface area contributed by atoms with Crippen LogP contribution in [-0.4, -0.2) is 17.0 Å². The summed E-state index contributed by atoms with van der Waals surface area (Å²) in [5.74, 6) is -1.36. The van der Waals surface area contributed by atoms with Crippen molar-refractivity contribution in [3.8, 4) is 0 Å². The van der Waals surface area contributed by atoms with Gasteiger partial charge in [0.15, 0.2) is 0 Å². The first-order valence-corrected chi connectivity index (χ1v) is 8.18. The first-order valence-electron chi connectivity index (χ1n) is 8.18. The van der Waals surface area contributed by atoms with Crippen LogP contribution in [0.3, 0.4) is 0 Å². The molecule has 132 valence electrons. The lowest BCUT2D eigenvalue weighted by molar-refractivity contribution is -0.137. The highest BCUT2D eigenvalue weighted by atomic mass is 16.4. The molecule has 0 bridgehead atoms. The summed E-state index contributed by atoms with van der Waals surface area (Å²) in [4.78, 5) is 34.9. The summed E-state index contributed by atoms with van der Waals surface area (Å²) >= 11 is 0. The summed E-state index contributed by atoms with van der Waals surface area (Å²) in [7, 11) is 0. The minimum atomic E-state index is -0.817. The van der Waals surface area contributed by atoms with E-state index in [1.165, 1.54) is 6.07 Å². The molecular weight excluding hydrogens is 334 g/mol. The number of rotatable bonds is 6. The van der Waals surface area contributed by atoms with E-state index in [0.717, 1.165) is 5.56 Å². The molecule has 26 heavy (non-hydrogen) atoms. The lowest BCUT2D eigenvalue weighted by atomic mass is 10.1. The zero-order valence-electron chi connectivity index (χ0n) is 13.9. The van der Waals surface area contributed by atoms with Crippen LogP contribution in [0.5, 0.6) is 0 Å². The van der Waals surface area contributed by atoms with Gasteiger partial charge >= 0.3 is 11.6 Å². The lowest BCUT2D eigenvalue weighted by Gasteiger charge is -2.06. The minimum Gasteiger partial charge on any atom is -0.481 e. The molecule has 0 aliphatic carbocycles. The highest BCUT2D eigenvalue weighted by molar-refractivity contribution is 6.05. The number of amides is 1. The molecule has 6 heteroatoms. The molecule has 0 radical (unpaired) electrons. The lowest BCUT2D eigenvalue weighted by Crippen LogP contribution is -2.20. The van der Waals surface area contributed by atoms with Gasteiger partial charge in [0.1, 0.15) is 11.1 Å². The topological polar surface area (TPSA) is 96.6 Å². The van der Waals surface area contributed by atoms with E-state index in [4.69, 9.17) is 9.52 Å². The maximum atomic E-state index is 12.4. The SMILES string of the molecule is O=C(O)CCCc1ccc(NC(=O)c2cc3ccccc3oc2=O)cc1. The standard InChI is InChI=1S/C20H17NO5/c22-18(23)7-3-4-13-8-10-15(11-9-13)21-19(24)16-12-14-5-1-2-6-17(14)26-20(16)25/h1-2,5-6,8-12H,3-4,7H2,(H,21,24)(H,22,23). The number of carboxylic acids is 1. The molecule has 0 atom stereocenters. The van der Waals surface area contributed by atoms with Crippen molar-refractivity contribution < 1.29 is 19.1 Å². The summed E-state index contributed by atoms with van der Waals surface area (Å²) in [6.45, 7) is 0. The van der Waals surface area contributed by atoms with Crippen LogP contribution in [-0.2, 0) is 11.2 Å². The quantitative estimate of drug-likeness (QED) is 0.663. The van der Waals surface area contributed by atoms with E-state index in [2.05, 4.69) is 5.32 Å². The van der Waals surface area contributed by atoms with Gasteiger partial charge in [0.05, 0.1) is 0 Å². The molecule has 2 N–H and O–H groups in total. The van der Waals surface area contributed by atoms with Gasteiger partial charge in [-0.25, -0.2) is 4.79 Å². The van der Waals surface area contributed by atoms with Crippen molar-refractivity contribution in [1.82, 2.24) is 0 Å². The Morgan fingerprint density at radius 1 is 1.04 bits per heavy atom. The predicted molar refractivity (Wildman–Crippen MR) is 97.5 cm³/mol. The van der Waals surface area contributed by atoms with Crippen molar-refractivity contribution in [2.24, 2.45) is 0 Å². The number of anilines is 1. The van der Waals surface area contributed by atoms with Crippen LogP contribution in [0.25, 0.3) is 11.0 Å². The molecule has 0 unspecified atom stereocenters. The van der Waals surface area contributed by atoms with Crippen LogP contribution in [0.2, 0.25) is 0 Å². The summed E-state index contributed by atoms with van der Waals surface area (Å²) in [5, 5.41) is 12.0. The molecule has 3 aromatic rings. The third-order valence-electron chi connectivity index (χ3n) is 3.95. The van der Waals surface area contributed by atoms with E-state index in [1.54, 1.807) is 36.4 Å². The smallest absolute Gasteiger partial charge is 0.349 e. The first kappa shape index (κ1) is 17.4. The van der Waals surface area contributed by atoms with Crippen LogP contribution < -0.4 is 10.9 Å². The number of carbonyl (C=O) groups is 2. The number of fused-ring (bicyclic) bond motifs is 1. The number of benzene rings is 2. The zero-order valence-corrected chi connectivity index (χ0v) is 13.9. The van der Waals surface area contributed by atoms with Crippen LogP contribution >= 0.6 is 0 Å². The van der Waals surface area contributed by atoms with E-state index in [1.807, 2.05) is 12.1 Å². The summed E-state index contributed by atoms with van der Waals surface area (Å²) in [6, 6.07) is 15.6. The van der Waals surface area contributed by atoms with Crippen molar-refractivity contribution in [2.75, 3.05) is 5.32 Å². The number of hydrogen-bond acceptors (Lipinski definition) is 4. The predicted octanol–water partition coefficient (Wildman–Crippen LogP) is 3.45. The first-order chi connectivity index (χ1) is 12.5. The molecule has 6 nitrogen and oxygen atoms in total. The Kier molecular flexibility index (Phi) is 5.12. The number of carbonyl (C=O) groups excluding carboxylic acids is 1. The Hall–Kier alpha value is -3.41. The number of aryl methyl sites for hydroxylation is 1. The number of carboxylic acid groups (broad SMARTS) is 1. The van der Waals surface area contributed by atoms with Gasteiger partial charge in [-0.2, -0.15) is 0 Å². The maximum Gasteiger partial charge on any atom is 0.349 e. The average molecular weight is 351 g/mol. The number of aliphatic carboxylic acids is 1. The second-order valence-corrected chi connectivity index (χ2v) is 5.88. The summed E-state index contributed by atoms with van der Waals surface area (Å²) in [5.41, 5.74) is 1.21. The van der Waals surface area contributed by atoms with Gasteiger partial charge < -0.3 is 14.8 Å². The average Bonchev–Trinajstić information content (AvgIpc) is 2.62. The van der Waals surface area contributed by atoms with E-state index in [0.29, 0.717) is 29.5 Å². The Morgan fingerprint density at radius 2 is 1.77 bits per heavy atom. The van der Waals surface area contributed by atoms with E-state index >= 15 is 0 Å². The highest BCUT2D eigenvalue weighted by Crippen LogP contribution is 2.15. The largest absolute Gasteiger partial charge is 0.481 e. The van der Waals surface area contributed by atoms with Crippen molar-refractivity contribution in [3.63, 3.8) is 0 Å². The van der Waals surface area contributed by atoms with Gasteiger partial charge in [-0.15, -0.1) is 0 Å². The molecule has 2 aromatic carbocycles. The second kappa shape index (κ2) is 7.65. The van der Waals surface area contributed by atoms with Crippen LogP contribution in [0.15, 0.2) is 63.8 Å². The molecule has 0 aliphatic rings. The van der Waals surface area contributed by atoms with Crippen molar-refractivity contribution >= 4 is 28.5 Å². The molecule has 1 amide bonds. The third kappa shape index (κ3) is 4.16. The number of para-hydroxylation sites is 1. The Balaban J connectivity index is 1.71. The molecule has 0 fully saturated rings. The Bertz CT molecular complexity index is 1000. The summed E-state index contributed by atoms with van der Waals surface area (Å²) in [6.07, 6.45) is 1.32. The molecule has 3 rings (SSSR count). The zero-order chi connectivity index (χ0) is 18.5. The van der Waals surface area contributed by atoms with Crippen LogP contribution in [0, 0.1) is 0 Å². The van der Waals surface area contributed by atoms with Crippen LogP contribution in [0.1, 0.15) is 28.8 Å². The molecule has 1 heterocycles.